The Labute approximate surface area is 211 Å². The van der Waals surface area contributed by atoms with Crippen molar-refractivity contribution in [2.45, 2.75) is 26.2 Å². The fourth-order valence-corrected chi connectivity index (χ4v) is 4.31. The van der Waals surface area contributed by atoms with Gasteiger partial charge in [0.2, 0.25) is 0 Å². The minimum atomic E-state index is 0. The van der Waals surface area contributed by atoms with E-state index in [0.29, 0.717) is 6.42 Å². The molecule has 1 atom stereocenters. The van der Waals surface area contributed by atoms with Crippen molar-refractivity contribution in [2.24, 2.45) is 0 Å². The third kappa shape index (κ3) is 5.32. The van der Waals surface area contributed by atoms with Crippen molar-refractivity contribution in [3.05, 3.63) is 95.6 Å². The molecule has 4 heteroatoms. The van der Waals surface area contributed by atoms with Crippen LogP contribution in [0, 0.1) is 0 Å². The molecule has 0 heterocycles. The summed E-state index contributed by atoms with van der Waals surface area (Å²) in [7, 11) is 0. The maximum atomic E-state index is 9.44. The van der Waals surface area contributed by atoms with Gasteiger partial charge in [-0.15, -0.1) is 33.7 Å². The largest absolute Gasteiger partial charge is 1.00 e. The molecule has 1 N–H and O–H groups in total. The zero-order valence-electron chi connectivity index (χ0n) is 17.7. The average Bonchev–Trinajstić information content (AvgIpc) is 3.27. The van der Waals surface area contributed by atoms with Gasteiger partial charge < -0.3 is 29.9 Å². The van der Waals surface area contributed by atoms with Gasteiger partial charge in [0.1, 0.15) is 0 Å². The van der Waals surface area contributed by atoms with Crippen LogP contribution in [0.5, 0.6) is 0 Å². The Morgan fingerprint density at radius 2 is 1.48 bits per heavy atom. The topological polar surface area (TPSA) is 20.2 Å². The summed E-state index contributed by atoms with van der Waals surface area (Å²) in [5.74, 6) is 0.262. The van der Waals surface area contributed by atoms with Gasteiger partial charge in [-0.25, -0.2) is 0 Å². The van der Waals surface area contributed by atoms with Gasteiger partial charge in [-0.1, -0.05) is 72.3 Å². The number of aliphatic hydroxyl groups excluding tert-OH is 1. The van der Waals surface area contributed by atoms with Gasteiger partial charge in [0, 0.05) is 12.5 Å². The van der Waals surface area contributed by atoms with E-state index in [0.717, 1.165) is 0 Å². The van der Waals surface area contributed by atoms with E-state index >= 15 is 0 Å². The molecule has 0 aromatic heterocycles. The van der Waals surface area contributed by atoms with Gasteiger partial charge in [0.25, 0.3) is 0 Å². The van der Waals surface area contributed by atoms with E-state index in [1.807, 2.05) is 0 Å². The predicted molar refractivity (Wildman–Crippen MR) is 121 cm³/mol. The Hall–Kier alpha value is -1.44. The summed E-state index contributed by atoms with van der Waals surface area (Å²) in [4.78, 5) is 0. The van der Waals surface area contributed by atoms with E-state index in [9.17, 15) is 5.11 Å². The fourth-order valence-electron chi connectivity index (χ4n) is 4.31. The van der Waals surface area contributed by atoms with Crippen LogP contribution >= 0.6 is 0 Å². The minimum absolute atomic E-state index is 0. The van der Waals surface area contributed by atoms with Crippen molar-refractivity contribution in [1.82, 2.24) is 0 Å². The zero-order valence-corrected chi connectivity index (χ0v) is 21.7. The molecule has 0 aliphatic heterocycles. The van der Waals surface area contributed by atoms with Crippen molar-refractivity contribution < 1.29 is 54.2 Å². The van der Waals surface area contributed by atoms with Crippen molar-refractivity contribution in [3.63, 3.8) is 0 Å². The fraction of sp³-hybridized carbons (Fsp3) is 0.185. The quantitative estimate of drug-likeness (QED) is 0.382. The van der Waals surface area contributed by atoms with Crippen LogP contribution in [0.25, 0.3) is 27.1 Å². The van der Waals surface area contributed by atoms with Crippen LogP contribution in [0.1, 0.15) is 42.9 Å². The Morgan fingerprint density at radius 3 is 2.23 bits per heavy atom. The third-order valence-electron chi connectivity index (χ3n) is 5.42. The first kappa shape index (κ1) is 25.8. The summed E-state index contributed by atoms with van der Waals surface area (Å²) in [6.45, 7) is 4.44. The second-order valence-electron chi connectivity index (χ2n) is 7.77. The summed E-state index contributed by atoms with van der Waals surface area (Å²) in [5.41, 5.74) is 5.25. The molecule has 0 amide bonds. The molecule has 1 unspecified atom stereocenters. The summed E-state index contributed by atoms with van der Waals surface area (Å²) >= 11 is 1.55. The summed E-state index contributed by atoms with van der Waals surface area (Å²) in [6, 6.07) is 26.2. The van der Waals surface area contributed by atoms with E-state index in [-0.39, 0.29) is 37.3 Å². The van der Waals surface area contributed by atoms with Crippen molar-refractivity contribution in [1.29, 1.82) is 0 Å². The van der Waals surface area contributed by atoms with Gasteiger partial charge in [-0.2, -0.15) is 0 Å². The van der Waals surface area contributed by atoms with Crippen LogP contribution in [0.15, 0.2) is 78.9 Å². The Bertz CT molecular complexity index is 1220. The summed E-state index contributed by atoms with van der Waals surface area (Å²) in [6.07, 6.45) is 3.06. The zero-order chi connectivity index (χ0) is 20.4. The van der Waals surface area contributed by atoms with Gasteiger partial charge in [0.05, 0.1) is 0 Å². The van der Waals surface area contributed by atoms with E-state index in [4.69, 9.17) is 0 Å². The van der Waals surface area contributed by atoms with E-state index in [1.54, 1.807) is 24.2 Å². The smallest absolute Gasteiger partial charge is 0.0471 e. The van der Waals surface area contributed by atoms with E-state index in [1.165, 1.54) is 47.0 Å². The molecule has 0 bridgehead atoms. The molecule has 5 rings (SSSR count). The monoisotopic (exact) mass is 525 g/mol. The molecule has 1 aliphatic rings. The molecule has 158 valence electrons. The second kappa shape index (κ2) is 11.4. The van der Waals surface area contributed by atoms with E-state index in [2.05, 4.69) is 92.7 Å². The standard InChI is InChI=1S/C24H19O.C3H6.2ClH.Zr/c25-13-12-17-15-24(20-9-4-3-8-19(17)20)22-11-5-10-21-18-7-2-1-6-16(18)14-23(21)22;1-3-2;;;/h1-11,14-15,24-25H,12-13H2;1-2H3;2*1H;/q-1;;;;+2/p-2. The molecule has 0 radical (unpaired) electrons. The SMILES string of the molecule is C[C](C)=[Zr+2].OCCC1=CC(c2cccc3c2[cH-]c2ccccc23)c2ccccc21.[Cl-].[Cl-]. The van der Waals surface area contributed by atoms with Gasteiger partial charge in [0.15, 0.2) is 0 Å². The number of allylic oxidation sites excluding steroid dienone is 1. The normalized spacial score (nSPS) is 14.1. The molecule has 0 saturated heterocycles. The number of hydrogen-bond donors (Lipinski definition) is 1. The molecule has 31 heavy (non-hydrogen) atoms. The molecule has 1 nitrogen and oxygen atoms in total. The van der Waals surface area contributed by atoms with Crippen LogP contribution in [-0.2, 0) is 24.2 Å². The van der Waals surface area contributed by atoms with Gasteiger partial charge in [-0.05, 0) is 23.1 Å². The van der Waals surface area contributed by atoms with Crippen molar-refractivity contribution in [3.8, 4) is 0 Å². The van der Waals surface area contributed by atoms with Crippen LogP contribution < -0.4 is 24.8 Å². The minimum Gasteiger partial charge on any atom is -1.00 e. The van der Waals surface area contributed by atoms with Crippen LogP contribution in [-0.4, -0.2) is 14.9 Å². The number of aliphatic hydroxyl groups is 1. The molecule has 0 spiro atoms. The molecule has 4 aromatic rings. The number of hydrogen-bond acceptors (Lipinski definition) is 1. The van der Waals surface area contributed by atoms with E-state index < -0.39 is 0 Å². The Kier molecular flexibility index (Phi) is 9.52. The number of halogens is 2. The molecule has 0 saturated carbocycles. The van der Waals surface area contributed by atoms with Crippen molar-refractivity contribution >= 4 is 30.3 Å². The molecular formula is C27H25Cl2OZr-. The first-order valence-corrected chi connectivity index (χ1v) is 11.3. The Balaban J connectivity index is 0.000000527. The number of rotatable bonds is 3. The maximum Gasteiger partial charge on any atom is 0.0471 e. The molecule has 1 aliphatic carbocycles. The van der Waals surface area contributed by atoms with Gasteiger partial charge in [-0.3, -0.25) is 0 Å². The summed E-state index contributed by atoms with van der Waals surface area (Å²) < 4.78 is 1.51. The van der Waals surface area contributed by atoms with Crippen LogP contribution in [0.4, 0.5) is 0 Å². The van der Waals surface area contributed by atoms with Crippen LogP contribution in [0.2, 0.25) is 0 Å². The Morgan fingerprint density at radius 1 is 0.871 bits per heavy atom. The maximum absolute atomic E-state index is 9.44. The first-order valence-electron chi connectivity index (χ1n) is 10.1. The van der Waals surface area contributed by atoms with Crippen LogP contribution in [0.3, 0.4) is 0 Å². The molecule has 4 aromatic carbocycles. The second-order valence-corrected chi connectivity index (χ2v) is 10.2. The predicted octanol–water partition coefficient (Wildman–Crippen LogP) is 0.377. The number of fused-ring (bicyclic) bond motifs is 4. The molecular weight excluding hydrogens is 502 g/mol. The number of benzene rings is 3. The first-order chi connectivity index (χ1) is 14.1. The third-order valence-corrected chi connectivity index (χ3v) is 5.42. The average molecular weight is 528 g/mol. The van der Waals surface area contributed by atoms with Crippen molar-refractivity contribution in [2.75, 3.05) is 6.61 Å². The van der Waals surface area contributed by atoms with Gasteiger partial charge >= 0.3 is 41.3 Å². The summed E-state index contributed by atoms with van der Waals surface area (Å²) in [5, 5.41) is 14.7. The molecule has 0 fully saturated rings.